The summed E-state index contributed by atoms with van der Waals surface area (Å²) < 4.78 is 41.1. The van der Waals surface area contributed by atoms with Crippen molar-refractivity contribution >= 4 is 11.3 Å². The molecule has 1 aromatic rings. The van der Waals surface area contributed by atoms with Crippen LogP contribution >= 0.6 is 11.3 Å². The van der Waals surface area contributed by atoms with Gasteiger partial charge in [-0.3, -0.25) is 0 Å². The number of thiophene rings is 1. The largest absolute Gasteiger partial charge is 0.391 e. The highest BCUT2D eigenvalue weighted by molar-refractivity contribution is 7.12. The zero-order chi connectivity index (χ0) is 15.4. The van der Waals surface area contributed by atoms with Crippen LogP contribution in [0.15, 0.2) is 6.07 Å². The summed E-state index contributed by atoms with van der Waals surface area (Å²) >= 11 is 1.65. The lowest BCUT2D eigenvalue weighted by Crippen LogP contribution is -2.34. The van der Waals surface area contributed by atoms with Gasteiger partial charge in [-0.25, -0.2) is 0 Å². The highest BCUT2D eigenvalue weighted by Crippen LogP contribution is 2.24. The second-order valence-electron chi connectivity index (χ2n) is 5.82. The number of alkyl halides is 3. The fraction of sp³-hybridized carbons (Fsp3) is 0.714. The van der Waals surface area contributed by atoms with Crippen molar-refractivity contribution in [3.05, 3.63) is 21.4 Å². The van der Waals surface area contributed by atoms with Gasteiger partial charge in [0.2, 0.25) is 0 Å². The van der Waals surface area contributed by atoms with E-state index in [0.29, 0.717) is 0 Å². The predicted octanol–water partition coefficient (Wildman–Crippen LogP) is 4.41. The summed E-state index contributed by atoms with van der Waals surface area (Å²) in [5.74, 6) is 0. The van der Waals surface area contributed by atoms with Gasteiger partial charge in [-0.15, -0.1) is 11.3 Å². The van der Waals surface area contributed by atoms with Crippen LogP contribution in [0.3, 0.4) is 0 Å². The topological polar surface area (TPSA) is 21.3 Å². The van der Waals surface area contributed by atoms with Crippen LogP contribution in [-0.2, 0) is 17.9 Å². The van der Waals surface area contributed by atoms with Gasteiger partial charge in [0.25, 0.3) is 0 Å². The van der Waals surface area contributed by atoms with Crippen molar-refractivity contribution in [2.75, 3.05) is 6.61 Å². The first-order valence-corrected chi connectivity index (χ1v) is 7.36. The molecule has 0 aromatic carbocycles. The number of hydrogen-bond acceptors (Lipinski definition) is 3. The van der Waals surface area contributed by atoms with Crippen LogP contribution in [0.2, 0.25) is 0 Å². The van der Waals surface area contributed by atoms with Crippen LogP contribution in [0.1, 0.15) is 42.5 Å². The van der Waals surface area contributed by atoms with E-state index in [9.17, 15) is 13.2 Å². The molecule has 1 rings (SSSR count). The average molecular weight is 309 g/mol. The molecule has 0 saturated heterocycles. The smallest absolute Gasteiger partial charge is 0.376 e. The quantitative estimate of drug-likeness (QED) is 0.786. The SMILES string of the molecule is Cc1sc(CNC(C)(C)C)cc1COCCC(F)(F)F. The predicted molar refractivity (Wildman–Crippen MR) is 76.0 cm³/mol. The van der Waals surface area contributed by atoms with Crippen molar-refractivity contribution in [2.45, 2.75) is 59.0 Å². The maximum absolute atomic E-state index is 12.0. The summed E-state index contributed by atoms with van der Waals surface area (Å²) in [6.45, 7) is 8.96. The second-order valence-corrected chi connectivity index (χ2v) is 7.16. The zero-order valence-corrected chi connectivity index (χ0v) is 13.2. The molecule has 1 heterocycles. The van der Waals surface area contributed by atoms with E-state index in [-0.39, 0.29) is 18.8 Å². The number of halogens is 3. The molecule has 0 aliphatic heterocycles. The maximum Gasteiger partial charge on any atom is 0.391 e. The second kappa shape index (κ2) is 6.91. The van der Waals surface area contributed by atoms with E-state index in [4.69, 9.17) is 4.74 Å². The Bertz CT molecular complexity index is 421. The first-order valence-electron chi connectivity index (χ1n) is 6.54. The van der Waals surface area contributed by atoms with Crippen LogP contribution in [0.5, 0.6) is 0 Å². The fourth-order valence-corrected chi connectivity index (χ4v) is 2.53. The van der Waals surface area contributed by atoms with E-state index in [2.05, 4.69) is 26.1 Å². The molecule has 1 N–H and O–H groups in total. The Labute approximate surface area is 122 Å². The Kier molecular flexibility index (Phi) is 6.04. The molecule has 0 aliphatic rings. The van der Waals surface area contributed by atoms with Crippen molar-refractivity contribution in [3.8, 4) is 0 Å². The molecule has 0 saturated carbocycles. The molecule has 0 atom stereocenters. The number of rotatable bonds is 6. The van der Waals surface area contributed by atoms with Gasteiger partial charge in [0.15, 0.2) is 0 Å². The molecule has 2 nitrogen and oxygen atoms in total. The molecular weight excluding hydrogens is 287 g/mol. The molecule has 0 bridgehead atoms. The molecule has 116 valence electrons. The third-order valence-electron chi connectivity index (χ3n) is 2.65. The van der Waals surface area contributed by atoms with Gasteiger partial charge in [-0.2, -0.15) is 13.2 Å². The van der Waals surface area contributed by atoms with Crippen molar-refractivity contribution in [2.24, 2.45) is 0 Å². The summed E-state index contributed by atoms with van der Waals surface area (Å²) in [6, 6.07) is 2.01. The van der Waals surface area contributed by atoms with Crippen LogP contribution < -0.4 is 5.32 Å². The molecule has 0 spiro atoms. The summed E-state index contributed by atoms with van der Waals surface area (Å²) in [5.41, 5.74) is 1.02. The van der Waals surface area contributed by atoms with Crippen LogP contribution in [0, 0.1) is 6.92 Å². The maximum atomic E-state index is 12.0. The van der Waals surface area contributed by atoms with Crippen molar-refractivity contribution < 1.29 is 17.9 Å². The molecule has 20 heavy (non-hydrogen) atoms. The third-order valence-corrected chi connectivity index (χ3v) is 3.74. The normalized spacial score (nSPS) is 12.9. The Balaban J connectivity index is 2.42. The van der Waals surface area contributed by atoms with E-state index < -0.39 is 12.6 Å². The number of nitrogens with one attached hydrogen (secondary N) is 1. The Hall–Kier alpha value is -0.590. The monoisotopic (exact) mass is 309 g/mol. The summed E-state index contributed by atoms with van der Waals surface area (Å²) in [5, 5.41) is 3.39. The summed E-state index contributed by atoms with van der Waals surface area (Å²) in [6.07, 6.45) is -5.04. The highest BCUT2D eigenvalue weighted by atomic mass is 32.1. The first kappa shape index (κ1) is 17.5. The van der Waals surface area contributed by atoms with Gasteiger partial charge in [0.1, 0.15) is 0 Å². The van der Waals surface area contributed by atoms with E-state index in [1.165, 1.54) is 4.88 Å². The Morgan fingerprint density at radius 2 is 1.90 bits per heavy atom. The van der Waals surface area contributed by atoms with Crippen molar-refractivity contribution in [1.29, 1.82) is 0 Å². The van der Waals surface area contributed by atoms with Gasteiger partial charge >= 0.3 is 6.18 Å². The molecule has 0 aliphatic carbocycles. The number of hydrogen-bond donors (Lipinski definition) is 1. The molecule has 0 radical (unpaired) electrons. The zero-order valence-electron chi connectivity index (χ0n) is 12.4. The minimum atomic E-state index is -4.15. The van der Waals surface area contributed by atoms with Gasteiger partial charge < -0.3 is 10.1 Å². The standard InChI is InChI=1S/C14H22F3NOS/c1-10-11(9-19-6-5-14(15,16)17)7-12(20-10)8-18-13(2,3)4/h7,18H,5-6,8-9H2,1-4H3. The molecular formula is C14H22F3NOS. The first-order chi connectivity index (χ1) is 9.07. The molecule has 0 amide bonds. The highest BCUT2D eigenvalue weighted by Gasteiger charge is 2.26. The van der Waals surface area contributed by atoms with E-state index >= 15 is 0 Å². The Morgan fingerprint density at radius 3 is 2.45 bits per heavy atom. The summed E-state index contributed by atoms with van der Waals surface area (Å²) in [7, 11) is 0. The van der Waals surface area contributed by atoms with Crippen molar-refractivity contribution in [3.63, 3.8) is 0 Å². The molecule has 6 heteroatoms. The molecule has 0 fully saturated rings. The van der Waals surface area contributed by atoms with Gasteiger partial charge in [0.05, 0.1) is 19.6 Å². The lowest BCUT2D eigenvalue weighted by Gasteiger charge is -2.19. The summed E-state index contributed by atoms with van der Waals surface area (Å²) in [4.78, 5) is 2.27. The molecule has 0 unspecified atom stereocenters. The van der Waals surface area contributed by atoms with Crippen molar-refractivity contribution in [1.82, 2.24) is 5.32 Å². The average Bonchev–Trinajstić information content (AvgIpc) is 2.61. The third kappa shape index (κ3) is 7.26. The van der Waals surface area contributed by atoms with E-state index in [0.717, 1.165) is 17.0 Å². The minimum absolute atomic E-state index is 0.0429. The van der Waals surface area contributed by atoms with Gasteiger partial charge in [0, 0.05) is 21.8 Å². The van der Waals surface area contributed by atoms with Crippen LogP contribution in [0.4, 0.5) is 13.2 Å². The van der Waals surface area contributed by atoms with E-state index in [1.54, 1.807) is 11.3 Å². The lowest BCUT2D eigenvalue weighted by atomic mass is 10.1. The van der Waals surface area contributed by atoms with Gasteiger partial charge in [-0.1, -0.05) is 0 Å². The Morgan fingerprint density at radius 1 is 1.25 bits per heavy atom. The van der Waals surface area contributed by atoms with Gasteiger partial charge in [-0.05, 0) is 39.3 Å². The lowest BCUT2D eigenvalue weighted by molar-refractivity contribution is -0.146. The fourth-order valence-electron chi connectivity index (χ4n) is 1.54. The number of ether oxygens (including phenoxy) is 1. The van der Waals surface area contributed by atoms with Crippen LogP contribution in [0.25, 0.3) is 0 Å². The van der Waals surface area contributed by atoms with Crippen LogP contribution in [-0.4, -0.2) is 18.3 Å². The molecule has 1 aromatic heterocycles. The number of aryl methyl sites for hydroxylation is 1. The van der Waals surface area contributed by atoms with E-state index in [1.807, 2.05) is 13.0 Å². The minimum Gasteiger partial charge on any atom is -0.376 e.